The normalized spacial score (nSPS) is 26.5. The van der Waals surface area contributed by atoms with Gasteiger partial charge in [0.25, 0.3) is 0 Å². The van der Waals surface area contributed by atoms with Crippen LogP contribution in [0, 0.1) is 0 Å². The van der Waals surface area contributed by atoms with Crippen molar-refractivity contribution in [2.45, 2.75) is 57.0 Å². The molecule has 1 aliphatic heterocycles. The summed E-state index contributed by atoms with van der Waals surface area (Å²) in [6, 6.07) is 8.13. The van der Waals surface area contributed by atoms with Gasteiger partial charge in [-0.25, -0.2) is 4.79 Å². The highest BCUT2D eigenvalue weighted by atomic mass is 16.7. The second-order valence-corrected chi connectivity index (χ2v) is 6.35. The Morgan fingerprint density at radius 1 is 1.24 bits per heavy atom. The van der Waals surface area contributed by atoms with Gasteiger partial charge in [-0.3, -0.25) is 0 Å². The Morgan fingerprint density at radius 2 is 1.95 bits per heavy atom. The van der Waals surface area contributed by atoms with Gasteiger partial charge in [-0.05, 0) is 37.8 Å². The van der Waals surface area contributed by atoms with Crippen LogP contribution in [0.1, 0.15) is 56.8 Å². The third kappa shape index (κ3) is 2.67. The number of rotatable bonds is 3. The predicted octanol–water partition coefficient (Wildman–Crippen LogP) is 3.62. The molecule has 3 rings (SSSR count). The summed E-state index contributed by atoms with van der Waals surface area (Å²) >= 11 is 0. The Bertz CT molecular complexity index is 569. The summed E-state index contributed by atoms with van der Waals surface area (Å²) < 4.78 is 11.7. The van der Waals surface area contributed by atoms with Gasteiger partial charge in [0.1, 0.15) is 6.10 Å². The Kier molecular flexibility index (Phi) is 3.70. The van der Waals surface area contributed by atoms with Crippen molar-refractivity contribution in [1.82, 2.24) is 0 Å². The van der Waals surface area contributed by atoms with Crippen molar-refractivity contribution in [2.75, 3.05) is 6.61 Å². The van der Waals surface area contributed by atoms with E-state index >= 15 is 0 Å². The van der Waals surface area contributed by atoms with Gasteiger partial charge in [-0.2, -0.15) is 4.99 Å². The molecule has 0 N–H and O–H groups in total. The van der Waals surface area contributed by atoms with Crippen LogP contribution in [-0.4, -0.2) is 18.5 Å². The highest BCUT2D eigenvalue weighted by Crippen LogP contribution is 2.46. The maximum atomic E-state index is 10.9. The SMILES string of the molecule is CC1(C)OCC(c2ccccc2C2(N=C=O)CCCC2)O1. The van der Waals surface area contributed by atoms with Crippen LogP contribution in [-0.2, 0) is 19.8 Å². The molecule has 1 aromatic rings. The summed E-state index contributed by atoms with van der Waals surface area (Å²) in [5, 5.41) is 0. The third-order valence-electron chi connectivity index (χ3n) is 4.51. The van der Waals surface area contributed by atoms with Gasteiger partial charge < -0.3 is 9.47 Å². The number of hydrogen-bond donors (Lipinski definition) is 0. The smallest absolute Gasteiger partial charge is 0.235 e. The minimum absolute atomic E-state index is 0.101. The fraction of sp³-hybridized carbons (Fsp3) is 0.588. The molecule has 2 fully saturated rings. The average Bonchev–Trinajstić information content (AvgIpc) is 3.07. The molecule has 1 atom stereocenters. The van der Waals surface area contributed by atoms with Crippen LogP contribution in [0.4, 0.5) is 0 Å². The molecule has 21 heavy (non-hydrogen) atoms. The van der Waals surface area contributed by atoms with Crippen LogP contribution in [0.3, 0.4) is 0 Å². The predicted molar refractivity (Wildman–Crippen MR) is 78.6 cm³/mol. The molecule has 1 unspecified atom stereocenters. The van der Waals surface area contributed by atoms with Crippen molar-refractivity contribution < 1.29 is 14.3 Å². The van der Waals surface area contributed by atoms with Crippen molar-refractivity contribution in [2.24, 2.45) is 4.99 Å². The lowest BCUT2D eigenvalue weighted by molar-refractivity contribution is -0.139. The fourth-order valence-corrected chi connectivity index (χ4v) is 3.53. The van der Waals surface area contributed by atoms with E-state index in [1.165, 1.54) is 0 Å². The van der Waals surface area contributed by atoms with E-state index in [0.29, 0.717) is 6.61 Å². The largest absolute Gasteiger partial charge is 0.347 e. The molecule has 1 aliphatic carbocycles. The van der Waals surface area contributed by atoms with Crippen molar-refractivity contribution in [3.63, 3.8) is 0 Å². The van der Waals surface area contributed by atoms with Gasteiger partial charge in [-0.1, -0.05) is 37.1 Å². The molecule has 1 saturated heterocycles. The number of ether oxygens (including phenoxy) is 2. The van der Waals surface area contributed by atoms with Crippen LogP contribution in [0.25, 0.3) is 0 Å². The summed E-state index contributed by atoms with van der Waals surface area (Å²) in [6.45, 7) is 4.37. The second kappa shape index (κ2) is 5.38. The molecule has 0 aromatic heterocycles. The maximum absolute atomic E-state index is 10.9. The minimum Gasteiger partial charge on any atom is -0.347 e. The molecule has 0 radical (unpaired) electrons. The molecule has 0 amide bonds. The van der Waals surface area contributed by atoms with E-state index in [4.69, 9.17) is 9.47 Å². The summed E-state index contributed by atoms with van der Waals surface area (Å²) in [5.41, 5.74) is 1.76. The number of carbonyl (C=O) groups excluding carboxylic acids is 1. The molecule has 1 saturated carbocycles. The Morgan fingerprint density at radius 3 is 2.57 bits per heavy atom. The summed E-state index contributed by atoms with van der Waals surface area (Å²) in [7, 11) is 0. The number of hydrogen-bond acceptors (Lipinski definition) is 4. The lowest BCUT2D eigenvalue weighted by Crippen LogP contribution is -2.23. The molecule has 4 nitrogen and oxygen atoms in total. The topological polar surface area (TPSA) is 47.9 Å². The highest BCUT2D eigenvalue weighted by Gasteiger charge is 2.41. The monoisotopic (exact) mass is 287 g/mol. The molecule has 0 spiro atoms. The molecule has 1 aromatic carbocycles. The molecular formula is C17H21NO3. The summed E-state index contributed by atoms with van der Waals surface area (Å²) in [4.78, 5) is 15.1. The Hall–Kier alpha value is -1.48. The fourth-order valence-electron chi connectivity index (χ4n) is 3.53. The van der Waals surface area contributed by atoms with E-state index in [1.54, 1.807) is 6.08 Å². The number of nitrogens with zero attached hydrogens (tertiary/aromatic N) is 1. The van der Waals surface area contributed by atoms with Crippen LogP contribution in [0.15, 0.2) is 29.3 Å². The van der Waals surface area contributed by atoms with E-state index in [-0.39, 0.29) is 6.10 Å². The second-order valence-electron chi connectivity index (χ2n) is 6.35. The Balaban J connectivity index is 2.02. The van der Waals surface area contributed by atoms with Gasteiger partial charge in [0.05, 0.1) is 12.1 Å². The van der Waals surface area contributed by atoms with Crippen LogP contribution in [0.2, 0.25) is 0 Å². The van der Waals surface area contributed by atoms with Crippen LogP contribution >= 0.6 is 0 Å². The Labute approximate surface area is 125 Å². The number of aliphatic imine (C=N–C) groups is 1. The first-order valence-corrected chi connectivity index (χ1v) is 7.57. The molecule has 4 heteroatoms. The summed E-state index contributed by atoms with van der Waals surface area (Å²) in [6.07, 6.45) is 5.66. The van der Waals surface area contributed by atoms with Crippen LogP contribution < -0.4 is 0 Å². The lowest BCUT2D eigenvalue weighted by atomic mass is 9.84. The van der Waals surface area contributed by atoms with Crippen molar-refractivity contribution in [1.29, 1.82) is 0 Å². The summed E-state index contributed by atoms with van der Waals surface area (Å²) in [5.74, 6) is -0.561. The molecule has 112 valence electrons. The highest BCUT2D eigenvalue weighted by molar-refractivity contribution is 5.42. The first-order valence-electron chi connectivity index (χ1n) is 7.57. The van der Waals surface area contributed by atoms with E-state index in [1.807, 2.05) is 26.0 Å². The average molecular weight is 287 g/mol. The van der Waals surface area contributed by atoms with Gasteiger partial charge in [0, 0.05) is 0 Å². The number of isocyanates is 1. The standard InChI is InChI=1S/C17H21NO3/c1-16(2)20-11-15(21-16)13-7-3-4-8-14(13)17(18-12-19)9-5-6-10-17/h3-4,7-8,15H,5-6,9-11H2,1-2H3. The number of benzene rings is 1. The van der Waals surface area contributed by atoms with Gasteiger partial charge in [0.15, 0.2) is 5.79 Å². The molecular weight excluding hydrogens is 266 g/mol. The first-order chi connectivity index (χ1) is 10.1. The zero-order valence-electron chi connectivity index (χ0n) is 12.6. The van der Waals surface area contributed by atoms with E-state index in [0.717, 1.165) is 36.8 Å². The van der Waals surface area contributed by atoms with Gasteiger partial charge in [-0.15, -0.1) is 0 Å². The zero-order chi connectivity index (χ0) is 14.9. The third-order valence-corrected chi connectivity index (χ3v) is 4.51. The van der Waals surface area contributed by atoms with E-state index in [9.17, 15) is 4.79 Å². The van der Waals surface area contributed by atoms with Crippen LogP contribution in [0.5, 0.6) is 0 Å². The van der Waals surface area contributed by atoms with Gasteiger partial charge in [0.2, 0.25) is 6.08 Å². The van der Waals surface area contributed by atoms with E-state index < -0.39 is 11.3 Å². The van der Waals surface area contributed by atoms with Crippen molar-refractivity contribution >= 4 is 6.08 Å². The van der Waals surface area contributed by atoms with E-state index in [2.05, 4.69) is 17.1 Å². The quantitative estimate of drug-likeness (QED) is 0.630. The lowest BCUT2D eigenvalue weighted by Gasteiger charge is -2.27. The van der Waals surface area contributed by atoms with Crippen molar-refractivity contribution in [3.05, 3.63) is 35.4 Å². The molecule has 2 aliphatic rings. The zero-order valence-corrected chi connectivity index (χ0v) is 12.6. The molecule has 0 bridgehead atoms. The first kappa shape index (κ1) is 14.5. The van der Waals surface area contributed by atoms with Crippen molar-refractivity contribution in [3.8, 4) is 0 Å². The maximum Gasteiger partial charge on any atom is 0.235 e. The van der Waals surface area contributed by atoms with Gasteiger partial charge >= 0.3 is 0 Å². The minimum atomic E-state index is -0.561. The molecule has 1 heterocycles.